The highest BCUT2D eigenvalue weighted by Crippen LogP contribution is 2.40. The third-order valence-corrected chi connectivity index (χ3v) is 5.60. The molecule has 0 spiro atoms. The lowest BCUT2D eigenvalue weighted by atomic mass is 10.0. The average Bonchev–Trinajstić information content (AvgIpc) is 3.50. The fourth-order valence-electron chi connectivity index (χ4n) is 3.67. The van der Waals surface area contributed by atoms with E-state index in [0.29, 0.717) is 17.7 Å². The van der Waals surface area contributed by atoms with E-state index in [1.165, 1.54) is 4.90 Å². The van der Waals surface area contributed by atoms with Crippen LogP contribution in [0.4, 0.5) is 4.79 Å². The van der Waals surface area contributed by atoms with Crippen molar-refractivity contribution in [2.45, 2.75) is 77.6 Å². The molecule has 1 saturated carbocycles. The molecule has 8 nitrogen and oxygen atoms in total. The van der Waals surface area contributed by atoms with Crippen molar-refractivity contribution in [3.63, 3.8) is 0 Å². The van der Waals surface area contributed by atoms with Crippen LogP contribution in [0.25, 0.3) is 0 Å². The number of aliphatic hydroxyl groups excluding tert-OH is 1. The number of carbonyl (C=O) groups excluding carboxylic acids is 3. The van der Waals surface area contributed by atoms with E-state index >= 15 is 0 Å². The highest BCUT2D eigenvalue weighted by atomic mass is 16.6. The van der Waals surface area contributed by atoms with Crippen molar-refractivity contribution in [1.82, 2.24) is 15.5 Å². The summed E-state index contributed by atoms with van der Waals surface area (Å²) in [5.41, 5.74) is 0.499. The summed E-state index contributed by atoms with van der Waals surface area (Å²) in [5, 5.41) is 15.3. The molecule has 3 amide bonds. The van der Waals surface area contributed by atoms with Gasteiger partial charge in [-0.25, -0.2) is 4.79 Å². The van der Waals surface area contributed by atoms with Crippen LogP contribution in [0.2, 0.25) is 0 Å². The van der Waals surface area contributed by atoms with Crippen LogP contribution in [0, 0.1) is 18.3 Å². The Balaban J connectivity index is 2.39. The molecule has 0 aliphatic heterocycles. The van der Waals surface area contributed by atoms with Crippen LogP contribution in [0.3, 0.4) is 0 Å². The Morgan fingerprint density at radius 2 is 1.88 bits per heavy atom. The first kappa shape index (κ1) is 27.2. The zero-order valence-electron chi connectivity index (χ0n) is 20.8. The number of ether oxygens (including phenoxy) is 1. The first-order chi connectivity index (χ1) is 16.0. The van der Waals surface area contributed by atoms with Gasteiger partial charge in [-0.1, -0.05) is 38.3 Å². The largest absolute Gasteiger partial charge is 0.444 e. The Morgan fingerprint density at radius 1 is 1.26 bits per heavy atom. The fourth-order valence-corrected chi connectivity index (χ4v) is 3.67. The highest BCUT2D eigenvalue weighted by Gasteiger charge is 2.48. The molecule has 1 aromatic carbocycles. The van der Waals surface area contributed by atoms with Crippen molar-refractivity contribution >= 4 is 17.9 Å². The second kappa shape index (κ2) is 11.9. The Labute approximate surface area is 202 Å². The van der Waals surface area contributed by atoms with Crippen molar-refractivity contribution in [2.75, 3.05) is 13.2 Å². The molecule has 8 heteroatoms. The number of nitrogens with zero attached hydrogens (tertiary/aromatic N) is 1. The van der Waals surface area contributed by atoms with Gasteiger partial charge in [0, 0.05) is 18.2 Å². The SMILES string of the molecule is C#Cc1ccc(C(C(=O)NCCCC)N(C(=O)C(CO)NC(=O)OC(C)(C)C)C2CC2C)cc1. The van der Waals surface area contributed by atoms with Crippen molar-refractivity contribution in [2.24, 2.45) is 5.92 Å². The average molecular weight is 472 g/mol. The lowest BCUT2D eigenvalue weighted by Crippen LogP contribution is -2.55. The number of carbonyl (C=O) groups is 3. The second-order valence-corrected chi connectivity index (χ2v) is 9.72. The number of rotatable bonds is 10. The smallest absolute Gasteiger partial charge is 0.408 e. The van der Waals surface area contributed by atoms with Gasteiger partial charge in [0.05, 0.1) is 6.61 Å². The van der Waals surface area contributed by atoms with Crippen molar-refractivity contribution in [1.29, 1.82) is 0 Å². The van der Waals surface area contributed by atoms with E-state index in [2.05, 4.69) is 16.6 Å². The predicted molar refractivity (Wildman–Crippen MR) is 130 cm³/mol. The Morgan fingerprint density at radius 3 is 2.35 bits per heavy atom. The molecule has 0 heterocycles. The Bertz CT molecular complexity index is 900. The van der Waals surface area contributed by atoms with Crippen molar-refractivity contribution in [3.05, 3.63) is 35.4 Å². The van der Waals surface area contributed by atoms with E-state index in [4.69, 9.17) is 11.2 Å². The van der Waals surface area contributed by atoms with Gasteiger partial charge in [0.2, 0.25) is 11.8 Å². The molecule has 1 fully saturated rings. The summed E-state index contributed by atoms with van der Waals surface area (Å²) in [6, 6.07) is 4.55. The highest BCUT2D eigenvalue weighted by molar-refractivity contribution is 5.92. The normalized spacial score (nSPS) is 18.7. The Kier molecular flexibility index (Phi) is 9.51. The summed E-state index contributed by atoms with van der Waals surface area (Å²) in [6.07, 6.45) is 7.10. The summed E-state index contributed by atoms with van der Waals surface area (Å²) in [7, 11) is 0. The molecular formula is C26H37N3O5. The van der Waals surface area contributed by atoms with E-state index in [0.717, 1.165) is 19.3 Å². The minimum atomic E-state index is -1.25. The van der Waals surface area contributed by atoms with E-state index in [-0.39, 0.29) is 17.9 Å². The van der Waals surface area contributed by atoms with Crippen LogP contribution < -0.4 is 10.6 Å². The van der Waals surface area contributed by atoms with Crippen molar-refractivity contribution < 1.29 is 24.2 Å². The number of nitrogens with one attached hydrogen (secondary N) is 2. The number of unbranched alkanes of at least 4 members (excludes halogenated alkanes) is 1. The third kappa shape index (κ3) is 7.49. The number of aliphatic hydroxyl groups is 1. The summed E-state index contributed by atoms with van der Waals surface area (Å²) in [6.45, 7) is 8.99. The molecule has 4 unspecified atom stereocenters. The topological polar surface area (TPSA) is 108 Å². The van der Waals surface area contributed by atoms with Gasteiger partial charge >= 0.3 is 6.09 Å². The number of alkyl carbamates (subject to hydrolysis) is 1. The van der Waals surface area contributed by atoms with Gasteiger partial charge in [0.25, 0.3) is 0 Å². The first-order valence-corrected chi connectivity index (χ1v) is 11.8. The summed E-state index contributed by atoms with van der Waals surface area (Å²) in [4.78, 5) is 40.8. The van der Waals surface area contributed by atoms with Crippen LogP contribution in [0.1, 0.15) is 71.0 Å². The molecule has 34 heavy (non-hydrogen) atoms. The predicted octanol–water partition coefficient (Wildman–Crippen LogP) is 2.75. The summed E-state index contributed by atoms with van der Waals surface area (Å²) < 4.78 is 5.25. The van der Waals surface area contributed by atoms with Gasteiger partial charge in [-0.2, -0.15) is 0 Å². The van der Waals surface area contributed by atoms with E-state index in [1.807, 2.05) is 13.8 Å². The number of amides is 3. The molecule has 4 atom stereocenters. The van der Waals surface area contributed by atoms with Crippen LogP contribution in [0.5, 0.6) is 0 Å². The first-order valence-electron chi connectivity index (χ1n) is 11.8. The second-order valence-electron chi connectivity index (χ2n) is 9.72. The number of hydrogen-bond acceptors (Lipinski definition) is 5. The quantitative estimate of drug-likeness (QED) is 0.359. The molecule has 1 aliphatic carbocycles. The maximum atomic E-state index is 13.7. The zero-order valence-corrected chi connectivity index (χ0v) is 20.8. The number of hydrogen-bond donors (Lipinski definition) is 3. The van der Waals surface area contributed by atoms with Gasteiger partial charge in [-0.3, -0.25) is 9.59 Å². The lowest BCUT2D eigenvalue weighted by Gasteiger charge is -2.34. The standard InChI is InChI=1S/C26H37N3O5/c1-7-9-14-27-23(31)22(19-12-10-18(8-2)11-13-19)29(21-15-17(21)3)24(32)20(16-30)28-25(33)34-26(4,5)6/h2,10-13,17,20-22,30H,7,9,14-16H2,1,3-6H3,(H,27,31)(H,28,33). The van der Waals surface area contributed by atoms with Crippen molar-refractivity contribution in [3.8, 4) is 12.3 Å². The van der Waals surface area contributed by atoms with Crippen LogP contribution in [-0.2, 0) is 14.3 Å². The molecule has 0 bridgehead atoms. The van der Waals surface area contributed by atoms with Gasteiger partial charge < -0.3 is 25.4 Å². The van der Waals surface area contributed by atoms with E-state index in [1.54, 1.807) is 45.0 Å². The molecule has 0 aromatic heterocycles. The molecule has 0 saturated heterocycles. The zero-order chi connectivity index (χ0) is 25.5. The molecule has 0 radical (unpaired) electrons. The number of benzene rings is 1. The van der Waals surface area contributed by atoms with Gasteiger partial charge in [0.15, 0.2) is 0 Å². The molecule has 1 aliphatic rings. The maximum absolute atomic E-state index is 13.7. The van der Waals surface area contributed by atoms with Gasteiger partial charge in [0.1, 0.15) is 17.7 Å². The molecule has 186 valence electrons. The minimum absolute atomic E-state index is 0.181. The van der Waals surface area contributed by atoms with E-state index in [9.17, 15) is 19.5 Å². The minimum Gasteiger partial charge on any atom is -0.444 e. The monoisotopic (exact) mass is 471 g/mol. The fraction of sp³-hybridized carbons (Fsp3) is 0.577. The lowest BCUT2D eigenvalue weighted by molar-refractivity contribution is -0.144. The molecular weight excluding hydrogens is 434 g/mol. The number of terminal acetylenes is 1. The molecule has 2 rings (SSSR count). The van der Waals surface area contributed by atoms with Gasteiger partial charge in [-0.05, 0) is 57.2 Å². The van der Waals surface area contributed by atoms with E-state index < -0.39 is 36.3 Å². The van der Waals surface area contributed by atoms with Crippen LogP contribution >= 0.6 is 0 Å². The maximum Gasteiger partial charge on any atom is 0.408 e. The Hall–Kier alpha value is -3.05. The molecule has 1 aromatic rings. The van der Waals surface area contributed by atoms with Crippen LogP contribution in [-0.4, -0.2) is 58.8 Å². The summed E-state index contributed by atoms with van der Waals surface area (Å²) in [5.74, 6) is 1.87. The summed E-state index contributed by atoms with van der Waals surface area (Å²) >= 11 is 0. The van der Waals surface area contributed by atoms with Gasteiger partial charge in [-0.15, -0.1) is 6.42 Å². The third-order valence-electron chi connectivity index (χ3n) is 5.60. The van der Waals surface area contributed by atoms with Crippen LogP contribution in [0.15, 0.2) is 24.3 Å². The molecule has 3 N–H and O–H groups in total.